The molecule has 3 heterocycles. The molecular weight excluding hydrogens is 374 g/mol. The molecule has 1 spiro atoms. The van der Waals surface area contributed by atoms with Gasteiger partial charge in [0.25, 0.3) is 5.56 Å². The summed E-state index contributed by atoms with van der Waals surface area (Å²) in [5.74, 6) is -1.37. The number of amides is 1. The lowest BCUT2D eigenvalue weighted by Crippen LogP contribution is -2.51. The molecule has 0 fully saturated rings. The summed E-state index contributed by atoms with van der Waals surface area (Å²) >= 11 is 0. The van der Waals surface area contributed by atoms with E-state index in [-0.39, 0.29) is 22.8 Å². The second kappa shape index (κ2) is 6.23. The molecule has 4 rings (SSSR count). The zero-order valence-corrected chi connectivity index (χ0v) is 16.6. The van der Waals surface area contributed by atoms with E-state index < -0.39 is 22.9 Å². The lowest BCUT2D eigenvalue weighted by Gasteiger charge is -2.35. The van der Waals surface area contributed by atoms with Crippen LogP contribution in [0.3, 0.4) is 0 Å². The number of hydrogen-bond acceptors (Lipinski definition) is 6. The smallest absolute Gasteiger partial charge is 0.340 e. The van der Waals surface area contributed by atoms with Gasteiger partial charge in [0.15, 0.2) is 0 Å². The molecule has 0 bridgehead atoms. The molecule has 0 unspecified atom stereocenters. The van der Waals surface area contributed by atoms with Crippen LogP contribution in [-0.4, -0.2) is 30.6 Å². The van der Waals surface area contributed by atoms with Gasteiger partial charge in [-0.1, -0.05) is 18.2 Å². The van der Waals surface area contributed by atoms with Crippen LogP contribution >= 0.6 is 0 Å². The van der Waals surface area contributed by atoms with Crippen molar-refractivity contribution in [1.82, 2.24) is 4.57 Å². The normalized spacial score (nSPS) is 19.9. The number of likely N-dealkylation sites (N-methyl/N-ethyl adjacent to an activating group) is 1. The van der Waals surface area contributed by atoms with E-state index in [9.17, 15) is 14.4 Å². The minimum absolute atomic E-state index is 0.0707. The molecule has 0 aliphatic carbocycles. The molecule has 8 nitrogen and oxygen atoms in total. The van der Waals surface area contributed by atoms with Crippen LogP contribution in [0.25, 0.3) is 0 Å². The van der Waals surface area contributed by atoms with Gasteiger partial charge in [0.2, 0.25) is 11.8 Å². The molecule has 2 aromatic rings. The Hall–Kier alpha value is -3.55. The highest BCUT2D eigenvalue weighted by molar-refractivity contribution is 6.18. The Morgan fingerprint density at radius 3 is 2.62 bits per heavy atom. The first kappa shape index (κ1) is 18.8. The molecule has 1 atom stereocenters. The molecule has 2 aliphatic rings. The number of benzene rings is 1. The van der Waals surface area contributed by atoms with Crippen LogP contribution < -0.4 is 20.9 Å². The highest BCUT2D eigenvalue weighted by Gasteiger charge is 2.61. The van der Waals surface area contributed by atoms with Gasteiger partial charge in [-0.3, -0.25) is 9.59 Å². The summed E-state index contributed by atoms with van der Waals surface area (Å²) in [4.78, 5) is 41.5. The van der Waals surface area contributed by atoms with E-state index in [1.165, 1.54) is 16.6 Å². The Labute approximate surface area is 167 Å². The Kier molecular flexibility index (Phi) is 4.04. The molecule has 1 aromatic heterocycles. The third-order valence-corrected chi connectivity index (χ3v) is 5.69. The number of methoxy groups -OCH3 is 1. The average molecular weight is 395 g/mol. The number of hydrogen-bond donors (Lipinski definition) is 1. The fourth-order valence-corrected chi connectivity index (χ4v) is 4.44. The number of aromatic nitrogens is 1. The van der Waals surface area contributed by atoms with Crippen molar-refractivity contribution in [1.29, 1.82) is 0 Å². The number of para-hydroxylation sites is 1. The van der Waals surface area contributed by atoms with Crippen molar-refractivity contribution in [3.05, 3.63) is 69.0 Å². The van der Waals surface area contributed by atoms with E-state index in [0.29, 0.717) is 23.5 Å². The lowest BCUT2D eigenvalue weighted by molar-refractivity contribution is -0.138. The summed E-state index contributed by atoms with van der Waals surface area (Å²) in [6, 6.07) is 8.68. The third kappa shape index (κ3) is 2.16. The average Bonchev–Trinajstić information content (AvgIpc) is 2.90. The number of carbonyl (C=O) groups is 2. The van der Waals surface area contributed by atoms with E-state index in [1.807, 2.05) is 6.92 Å². The van der Waals surface area contributed by atoms with Crippen molar-refractivity contribution >= 4 is 17.6 Å². The minimum atomic E-state index is -1.74. The molecule has 8 heteroatoms. The second-order valence-electron chi connectivity index (χ2n) is 7.04. The Bertz CT molecular complexity index is 1160. The highest BCUT2D eigenvalue weighted by Crippen LogP contribution is 2.54. The van der Waals surface area contributed by atoms with E-state index in [4.69, 9.17) is 15.2 Å². The maximum absolute atomic E-state index is 13.7. The van der Waals surface area contributed by atoms with Crippen LogP contribution in [0.1, 0.15) is 23.7 Å². The molecule has 29 heavy (non-hydrogen) atoms. The number of nitrogens with two attached hydrogens (primary N) is 1. The number of nitrogens with zero attached hydrogens (tertiary/aromatic N) is 2. The number of anilines is 1. The van der Waals surface area contributed by atoms with Crippen molar-refractivity contribution in [3.63, 3.8) is 0 Å². The van der Waals surface area contributed by atoms with E-state index in [2.05, 4.69) is 0 Å². The molecule has 0 saturated carbocycles. The first-order valence-corrected chi connectivity index (χ1v) is 9.19. The fraction of sp³-hybridized carbons (Fsp3) is 0.286. The Morgan fingerprint density at radius 2 is 1.97 bits per heavy atom. The lowest BCUT2D eigenvalue weighted by atomic mass is 9.68. The molecule has 2 aliphatic heterocycles. The zero-order chi connectivity index (χ0) is 21.1. The molecule has 150 valence electrons. The predicted molar refractivity (Wildman–Crippen MR) is 106 cm³/mol. The number of carbonyl (C=O) groups excluding carboxylic acids is 2. The van der Waals surface area contributed by atoms with E-state index in [1.54, 1.807) is 44.3 Å². The summed E-state index contributed by atoms with van der Waals surface area (Å²) < 4.78 is 12.2. The van der Waals surface area contributed by atoms with Gasteiger partial charge < -0.3 is 24.7 Å². The van der Waals surface area contributed by atoms with Crippen molar-refractivity contribution in [2.45, 2.75) is 25.8 Å². The zero-order valence-electron chi connectivity index (χ0n) is 16.6. The van der Waals surface area contributed by atoms with Gasteiger partial charge in [0.1, 0.15) is 16.7 Å². The van der Waals surface area contributed by atoms with Gasteiger partial charge in [0.05, 0.1) is 12.7 Å². The number of rotatable bonds is 2. The summed E-state index contributed by atoms with van der Waals surface area (Å²) in [6.07, 6.45) is 0. The third-order valence-electron chi connectivity index (χ3n) is 5.69. The van der Waals surface area contributed by atoms with Gasteiger partial charge in [-0.05, 0) is 19.9 Å². The first-order chi connectivity index (χ1) is 13.8. The molecule has 0 saturated heterocycles. The maximum atomic E-state index is 13.7. The van der Waals surface area contributed by atoms with Crippen LogP contribution in [0, 0.1) is 6.92 Å². The van der Waals surface area contributed by atoms with Crippen molar-refractivity contribution in [3.8, 4) is 5.75 Å². The summed E-state index contributed by atoms with van der Waals surface area (Å²) in [5.41, 5.74) is 5.62. The van der Waals surface area contributed by atoms with Crippen LogP contribution in [0.2, 0.25) is 0 Å². The number of fused-ring (bicyclic) bond motifs is 4. The van der Waals surface area contributed by atoms with Crippen LogP contribution in [-0.2, 0) is 26.3 Å². The van der Waals surface area contributed by atoms with Crippen molar-refractivity contribution < 1.29 is 19.1 Å². The fourth-order valence-electron chi connectivity index (χ4n) is 4.44. The van der Waals surface area contributed by atoms with Gasteiger partial charge >= 0.3 is 5.97 Å². The Morgan fingerprint density at radius 1 is 1.28 bits per heavy atom. The second-order valence-corrected chi connectivity index (χ2v) is 7.04. The number of esters is 1. The number of ether oxygens (including phenoxy) is 2. The summed E-state index contributed by atoms with van der Waals surface area (Å²) in [6.45, 7) is 4.00. The summed E-state index contributed by atoms with van der Waals surface area (Å²) in [7, 11) is 2.79. The van der Waals surface area contributed by atoms with Crippen LogP contribution in [0.15, 0.2) is 46.6 Å². The topological polar surface area (TPSA) is 104 Å². The predicted octanol–water partition coefficient (Wildman–Crippen LogP) is 1.17. The molecular formula is C21H21N3O5. The molecule has 2 N–H and O–H groups in total. The number of pyridine rings is 1. The van der Waals surface area contributed by atoms with Gasteiger partial charge in [-0.25, -0.2) is 4.79 Å². The van der Waals surface area contributed by atoms with Gasteiger partial charge in [-0.2, -0.15) is 0 Å². The largest absolute Gasteiger partial charge is 0.465 e. The van der Waals surface area contributed by atoms with Crippen LogP contribution in [0.5, 0.6) is 5.75 Å². The molecule has 0 radical (unpaired) electrons. The van der Waals surface area contributed by atoms with Crippen LogP contribution in [0.4, 0.5) is 5.69 Å². The monoisotopic (exact) mass is 395 g/mol. The molecule has 1 amide bonds. The van der Waals surface area contributed by atoms with Gasteiger partial charge in [0, 0.05) is 36.6 Å². The minimum Gasteiger partial charge on any atom is -0.465 e. The van der Waals surface area contributed by atoms with Gasteiger partial charge in [-0.15, -0.1) is 0 Å². The molecule has 1 aromatic carbocycles. The van der Waals surface area contributed by atoms with E-state index in [0.717, 1.165) is 0 Å². The highest BCUT2D eigenvalue weighted by atomic mass is 16.5. The maximum Gasteiger partial charge on any atom is 0.340 e. The Balaban J connectivity index is 2.24. The van der Waals surface area contributed by atoms with Crippen molar-refractivity contribution in [2.75, 3.05) is 19.1 Å². The standard InChI is InChI=1S/C21H21N3O5/c1-5-24-11(2)10-14-15(18(24)25)21(16(17(22)29-14)19(26)28-4)12-8-6-7-9-13(12)23(3)20(21)27/h6-10H,5,22H2,1-4H3/t21-/m0/s1. The first-order valence-electron chi connectivity index (χ1n) is 9.19. The van der Waals surface area contributed by atoms with E-state index >= 15 is 0 Å². The quantitative estimate of drug-likeness (QED) is 0.766. The number of aryl methyl sites for hydroxylation is 1. The SMILES string of the molecule is CCn1c(C)cc2c(c1=O)[C@]1(C(=O)N(C)c3ccccc31)C(C(=O)OC)=C(N)O2. The summed E-state index contributed by atoms with van der Waals surface area (Å²) in [5, 5.41) is 0. The van der Waals surface area contributed by atoms with Crippen molar-refractivity contribution in [2.24, 2.45) is 5.73 Å².